The topological polar surface area (TPSA) is 30.5 Å². The van der Waals surface area contributed by atoms with Crippen LogP contribution >= 0.6 is 0 Å². The predicted octanol–water partition coefficient (Wildman–Crippen LogP) is 1.96. The lowest BCUT2D eigenvalue weighted by Gasteiger charge is -2.12. The van der Waals surface area contributed by atoms with Gasteiger partial charge >= 0.3 is 0 Å². The molecule has 1 aliphatic carbocycles. The Labute approximate surface area is 98.9 Å². The third-order valence-corrected chi connectivity index (χ3v) is 3.66. The van der Waals surface area contributed by atoms with Crippen LogP contribution < -0.4 is 5.32 Å². The summed E-state index contributed by atoms with van der Waals surface area (Å²) in [6.07, 6.45) is 8.45. The maximum Gasteiger partial charge on any atom is 0.0809 e. The van der Waals surface area contributed by atoms with Gasteiger partial charge in [-0.1, -0.05) is 12.8 Å². The average Bonchev–Trinajstić information content (AvgIpc) is 2.96. The lowest BCUT2D eigenvalue weighted by molar-refractivity contribution is 0.0182. The predicted molar refractivity (Wildman–Crippen MR) is 64.6 cm³/mol. The Kier molecular flexibility index (Phi) is 5.59. The highest BCUT2D eigenvalue weighted by molar-refractivity contribution is 4.69. The van der Waals surface area contributed by atoms with Gasteiger partial charge in [-0.15, -0.1) is 0 Å². The van der Waals surface area contributed by atoms with Gasteiger partial charge in [0.25, 0.3) is 0 Å². The van der Waals surface area contributed by atoms with Gasteiger partial charge in [0.2, 0.25) is 0 Å². The summed E-state index contributed by atoms with van der Waals surface area (Å²) in [5.74, 6) is 0.929. The molecule has 94 valence electrons. The molecule has 0 bridgehead atoms. The van der Waals surface area contributed by atoms with E-state index in [1.54, 1.807) is 0 Å². The van der Waals surface area contributed by atoms with Gasteiger partial charge < -0.3 is 14.8 Å². The van der Waals surface area contributed by atoms with Crippen LogP contribution in [0, 0.1) is 5.92 Å². The first-order valence-electron chi connectivity index (χ1n) is 6.85. The van der Waals surface area contributed by atoms with Crippen molar-refractivity contribution in [3.63, 3.8) is 0 Å². The fraction of sp³-hybridized carbons (Fsp3) is 1.00. The van der Waals surface area contributed by atoms with E-state index in [1.807, 2.05) is 0 Å². The monoisotopic (exact) mass is 227 g/mol. The summed E-state index contributed by atoms with van der Waals surface area (Å²) in [4.78, 5) is 0. The van der Waals surface area contributed by atoms with Crippen molar-refractivity contribution in [3.8, 4) is 0 Å². The van der Waals surface area contributed by atoms with E-state index in [-0.39, 0.29) is 0 Å². The molecular formula is C13H25NO2. The van der Waals surface area contributed by atoms with E-state index in [2.05, 4.69) is 5.32 Å². The minimum Gasteiger partial charge on any atom is -0.377 e. The summed E-state index contributed by atoms with van der Waals surface area (Å²) >= 11 is 0. The van der Waals surface area contributed by atoms with Gasteiger partial charge in [-0.05, 0) is 38.1 Å². The maximum absolute atomic E-state index is 5.59. The van der Waals surface area contributed by atoms with Gasteiger partial charge in [0.05, 0.1) is 19.3 Å². The van der Waals surface area contributed by atoms with Crippen molar-refractivity contribution in [1.82, 2.24) is 5.32 Å². The second kappa shape index (κ2) is 7.25. The molecule has 0 aromatic rings. The first kappa shape index (κ1) is 12.3. The molecule has 1 saturated heterocycles. The molecule has 16 heavy (non-hydrogen) atoms. The van der Waals surface area contributed by atoms with Crippen molar-refractivity contribution in [2.75, 3.05) is 32.9 Å². The van der Waals surface area contributed by atoms with Crippen LogP contribution in [0.2, 0.25) is 0 Å². The molecule has 1 unspecified atom stereocenters. The molecule has 1 saturated carbocycles. The molecule has 3 nitrogen and oxygen atoms in total. The second-order valence-electron chi connectivity index (χ2n) is 5.06. The standard InChI is InChI=1S/C13H25NO2/c1-2-5-12(4-1)10-14-7-9-15-11-13-6-3-8-16-13/h12-14H,1-11H2. The van der Waals surface area contributed by atoms with Crippen molar-refractivity contribution in [3.05, 3.63) is 0 Å². The summed E-state index contributed by atoms with van der Waals surface area (Å²) in [6.45, 7) is 4.71. The minimum absolute atomic E-state index is 0.370. The highest BCUT2D eigenvalue weighted by Gasteiger charge is 2.15. The van der Waals surface area contributed by atoms with Crippen molar-refractivity contribution < 1.29 is 9.47 Å². The summed E-state index contributed by atoms with van der Waals surface area (Å²) in [5.41, 5.74) is 0. The number of hydrogen-bond acceptors (Lipinski definition) is 3. The van der Waals surface area contributed by atoms with E-state index in [4.69, 9.17) is 9.47 Å². The minimum atomic E-state index is 0.370. The summed E-state index contributed by atoms with van der Waals surface area (Å²) in [6, 6.07) is 0. The Morgan fingerprint density at radius 3 is 2.75 bits per heavy atom. The van der Waals surface area contributed by atoms with Crippen molar-refractivity contribution in [2.24, 2.45) is 5.92 Å². The van der Waals surface area contributed by atoms with E-state index < -0.39 is 0 Å². The van der Waals surface area contributed by atoms with Crippen LogP contribution in [-0.2, 0) is 9.47 Å². The van der Waals surface area contributed by atoms with Crippen LogP contribution in [0.4, 0.5) is 0 Å². The highest BCUT2D eigenvalue weighted by atomic mass is 16.5. The van der Waals surface area contributed by atoms with Gasteiger partial charge in [0.15, 0.2) is 0 Å². The van der Waals surface area contributed by atoms with Gasteiger partial charge in [-0.3, -0.25) is 0 Å². The van der Waals surface area contributed by atoms with E-state index in [1.165, 1.54) is 45.1 Å². The summed E-state index contributed by atoms with van der Waals surface area (Å²) in [7, 11) is 0. The fourth-order valence-corrected chi connectivity index (χ4v) is 2.66. The Bertz CT molecular complexity index is 155. The van der Waals surface area contributed by atoms with E-state index in [9.17, 15) is 0 Å². The van der Waals surface area contributed by atoms with Crippen molar-refractivity contribution >= 4 is 0 Å². The van der Waals surface area contributed by atoms with Gasteiger partial charge in [-0.2, -0.15) is 0 Å². The van der Waals surface area contributed by atoms with Gasteiger partial charge in [0, 0.05) is 13.2 Å². The van der Waals surface area contributed by atoms with E-state index >= 15 is 0 Å². The van der Waals surface area contributed by atoms with Crippen LogP contribution in [0.15, 0.2) is 0 Å². The first-order chi connectivity index (χ1) is 7.95. The Balaban J connectivity index is 1.37. The van der Waals surface area contributed by atoms with Crippen LogP contribution in [0.5, 0.6) is 0 Å². The Morgan fingerprint density at radius 2 is 2.00 bits per heavy atom. The molecule has 0 spiro atoms. The Hall–Kier alpha value is -0.120. The number of rotatable bonds is 7. The number of hydrogen-bond donors (Lipinski definition) is 1. The zero-order valence-corrected chi connectivity index (χ0v) is 10.2. The molecule has 2 rings (SSSR count). The molecule has 2 aliphatic rings. The fourth-order valence-electron chi connectivity index (χ4n) is 2.66. The SMILES string of the molecule is C1CCC(CNCCOCC2CCCO2)C1. The number of nitrogens with one attached hydrogen (secondary N) is 1. The van der Waals surface area contributed by atoms with Crippen LogP contribution in [0.25, 0.3) is 0 Å². The summed E-state index contributed by atoms with van der Waals surface area (Å²) < 4.78 is 11.1. The summed E-state index contributed by atoms with van der Waals surface area (Å²) in [5, 5.41) is 3.49. The lowest BCUT2D eigenvalue weighted by Crippen LogP contribution is -2.26. The molecule has 0 radical (unpaired) electrons. The Morgan fingerprint density at radius 1 is 1.12 bits per heavy atom. The molecule has 3 heteroatoms. The van der Waals surface area contributed by atoms with Crippen LogP contribution in [-0.4, -0.2) is 39.0 Å². The quantitative estimate of drug-likeness (QED) is 0.674. The molecule has 0 amide bonds. The smallest absolute Gasteiger partial charge is 0.0809 e. The van der Waals surface area contributed by atoms with Crippen LogP contribution in [0.3, 0.4) is 0 Å². The first-order valence-corrected chi connectivity index (χ1v) is 6.85. The van der Waals surface area contributed by atoms with Crippen molar-refractivity contribution in [2.45, 2.75) is 44.6 Å². The average molecular weight is 227 g/mol. The third-order valence-electron chi connectivity index (χ3n) is 3.66. The molecule has 0 aromatic heterocycles. The van der Waals surface area contributed by atoms with Crippen LogP contribution in [0.1, 0.15) is 38.5 Å². The van der Waals surface area contributed by atoms with Crippen molar-refractivity contribution in [1.29, 1.82) is 0 Å². The maximum atomic E-state index is 5.59. The largest absolute Gasteiger partial charge is 0.377 e. The molecule has 1 N–H and O–H groups in total. The molecule has 0 aromatic carbocycles. The van der Waals surface area contributed by atoms with Gasteiger partial charge in [-0.25, -0.2) is 0 Å². The number of ether oxygens (including phenoxy) is 2. The second-order valence-corrected chi connectivity index (χ2v) is 5.06. The zero-order valence-electron chi connectivity index (χ0n) is 10.2. The lowest BCUT2D eigenvalue weighted by atomic mass is 10.1. The molecular weight excluding hydrogens is 202 g/mol. The highest BCUT2D eigenvalue weighted by Crippen LogP contribution is 2.23. The molecule has 1 heterocycles. The molecule has 1 aliphatic heterocycles. The normalized spacial score (nSPS) is 26.6. The third kappa shape index (κ3) is 4.40. The van der Waals surface area contributed by atoms with E-state index in [0.29, 0.717) is 6.10 Å². The zero-order chi connectivity index (χ0) is 11.1. The van der Waals surface area contributed by atoms with E-state index in [0.717, 1.165) is 32.3 Å². The molecule has 2 fully saturated rings. The van der Waals surface area contributed by atoms with Gasteiger partial charge in [0.1, 0.15) is 0 Å². The molecule has 1 atom stereocenters.